The van der Waals surface area contributed by atoms with Gasteiger partial charge in [0.05, 0.1) is 12.8 Å². The first-order chi connectivity index (χ1) is 13.6. The van der Waals surface area contributed by atoms with Crippen LogP contribution in [0.1, 0.15) is 23.8 Å². The fourth-order valence-electron chi connectivity index (χ4n) is 3.27. The predicted octanol–water partition coefficient (Wildman–Crippen LogP) is 2.97. The number of ether oxygens (including phenoxy) is 1. The van der Waals surface area contributed by atoms with E-state index in [0.29, 0.717) is 11.6 Å². The molecule has 2 heterocycles. The summed E-state index contributed by atoms with van der Waals surface area (Å²) in [5.41, 5.74) is 1.49. The highest BCUT2D eigenvalue weighted by atomic mass is 35.5. The summed E-state index contributed by atoms with van der Waals surface area (Å²) in [6.45, 7) is 7.13. The Bertz CT molecular complexity index is 809. The summed E-state index contributed by atoms with van der Waals surface area (Å²) in [7, 11) is 1.69. The third kappa shape index (κ3) is 5.33. The molecule has 8 heteroatoms. The summed E-state index contributed by atoms with van der Waals surface area (Å²) in [6, 6.07) is 7.36. The lowest BCUT2D eigenvalue weighted by atomic mass is 10.2. The van der Waals surface area contributed by atoms with Crippen LogP contribution in [0.5, 0.6) is 5.75 Å². The Morgan fingerprint density at radius 2 is 2.04 bits per heavy atom. The van der Waals surface area contributed by atoms with Gasteiger partial charge in [0.2, 0.25) is 5.95 Å². The van der Waals surface area contributed by atoms with Gasteiger partial charge in [-0.3, -0.25) is 9.69 Å². The number of Topliss-reactive ketones (excluding diaryl/α,β-unsaturated/α-hetero) is 1. The lowest BCUT2D eigenvalue weighted by Crippen LogP contribution is -2.47. The molecular formula is C20H26ClN5O2. The van der Waals surface area contributed by atoms with Gasteiger partial charge in [-0.1, -0.05) is 11.6 Å². The van der Waals surface area contributed by atoms with Crippen LogP contribution >= 0.6 is 11.6 Å². The van der Waals surface area contributed by atoms with Crippen molar-refractivity contribution in [1.82, 2.24) is 14.9 Å². The standard InChI is InChI=1S/C20H26ClN5O2/c1-15(27)17-6-8-23-20(24-17)22-7-3-9-25-10-12-26(13-11-25)18-14-16(21)4-5-19(18)28-2/h4-6,8,14H,3,7,9-13H2,1-2H3,(H,22,23,24). The largest absolute Gasteiger partial charge is 0.495 e. The van der Waals surface area contributed by atoms with E-state index in [-0.39, 0.29) is 5.78 Å². The van der Waals surface area contributed by atoms with Gasteiger partial charge in [-0.2, -0.15) is 0 Å². The number of ketones is 1. The fourth-order valence-corrected chi connectivity index (χ4v) is 3.43. The lowest BCUT2D eigenvalue weighted by molar-refractivity contribution is 0.101. The Morgan fingerprint density at radius 1 is 1.25 bits per heavy atom. The van der Waals surface area contributed by atoms with Gasteiger partial charge in [-0.05, 0) is 37.2 Å². The predicted molar refractivity (Wildman–Crippen MR) is 112 cm³/mol. The van der Waals surface area contributed by atoms with Crippen molar-refractivity contribution < 1.29 is 9.53 Å². The van der Waals surface area contributed by atoms with Crippen molar-refractivity contribution in [2.45, 2.75) is 13.3 Å². The zero-order chi connectivity index (χ0) is 19.9. The monoisotopic (exact) mass is 403 g/mol. The molecule has 1 aliphatic rings. The minimum atomic E-state index is -0.0559. The average molecular weight is 404 g/mol. The second-order valence-electron chi connectivity index (χ2n) is 6.75. The highest BCUT2D eigenvalue weighted by molar-refractivity contribution is 6.30. The van der Waals surface area contributed by atoms with E-state index in [9.17, 15) is 4.79 Å². The number of piperazine rings is 1. The SMILES string of the molecule is COc1ccc(Cl)cc1N1CCN(CCCNc2nccc(C(C)=O)n2)CC1. The molecular weight excluding hydrogens is 378 g/mol. The Hall–Kier alpha value is -2.38. The van der Waals surface area contributed by atoms with Crippen LogP contribution in [0, 0.1) is 0 Å². The Labute approximate surface area is 170 Å². The first-order valence-corrected chi connectivity index (χ1v) is 9.83. The molecule has 0 unspecified atom stereocenters. The molecule has 1 saturated heterocycles. The number of aromatic nitrogens is 2. The molecule has 0 aliphatic carbocycles. The molecule has 1 fully saturated rings. The first-order valence-electron chi connectivity index (χ1n) is 9.45. The van der Waals surface area contributed by atoms with Gasteiger partial charge >= 0.3 is 0 Å². The minimum Gasteiger partial charge on any atom is -0.495 e. The third-order valence-electron chi connectivity index (χ3n) is 4.80. The third-order valence-corrected chi connectivity index (χ3v) is 5.04. The van der Waals surface area contributed by atoms with Gasteiger partial charge in [-0.15, -0.1) is 0 Å². The normalized spacial score (nSPS) is 14.8. The first kappa shape index (κ1) is 20.4. The van der Waals surface area contributed by atoms with E-state index in [0.717, 1.165) is 62.1 Å². The van der Waals surface area contributed by atoms with E-state index in [1.165, 1.54) is 6.92 Å². The van der Waals surface area contributed by atoms with Gasteiger partial charge in [0.1, 0.15) is 11.4 Å². The van der Waals surface area contributed by atoms with Gasteiger partial charge in [0.15, 0.2) is 5.78 Å². The number of anilines is 2. The van der Waals surface area contributed by atoms with Gasteiger partial charge < -0.3 is 15.0 Å². The Morgan fingerprint density at radius 3 is 2.75 bits per heavy atom. The van der Waals surface area contributed by atoms with Crippen molar-refractivity contribution in [3.63, 3.8) is 0 Å². The summed E-state index contributed by atoms with van der Waals surface area (Å²) < 4.78 is 5.47. The zero-order valence-electron chi connectivity index (χ0n) is 16.3. The number of benzene rings is 1. The molecule has 28 heavy (non-hydrogen) atoms. The van der Waals surface area contributed by atoms with Crippen LogP contribution in [0.4, 0.5) is 11.6 Å². The minimum absolute atomic E-state index is 0.0559. The van der Waals surface area contributed by atoms with Gasteiger partial charge in [0, 0.05) is 50.9 Å². The molecule has 0 radical (unpaired) electrons. The van der Waals surface area contributed by atoms with E-state index in [1.54, 1.807) is 19.4 Å². The zero-order valence-corrected chi connectivity index (χ0v) is 17.1. The molecule has 1 aromatic heterocycles. The van der Waals surface area contributed by atoms with E-state index in [1.807, 2.05) is 18.2 Å². The molecule has 3 rings (SSSR count). The smallest absolute Gasteiger partial charge is 0.223 e. The van der Waals surface area contributed by atoms with Crippen LogP contribution in [-0.2, 0) is 0 Å². The molecule has 1 aliphatic heterocycles. The average Bonchev–Trinajstić information content (AvgIpc) is 2.72. The van der Waals surface area contributed by atoms with Crippen LogP contribution in [0.3, 0.4) is 0 Å². The highest BCUT2D eigenvalue weighted by Crippen LogP contribution is 2.31. The summed E-state index contributed by atoms with van der Waals surface area (Å²) in [4.78, 5) is 24.5. The summed E-state index contributed by atoms with van der Waals surface area (Å²) in [6.07, 6.45) is 2.59. The molecule has 1 aromatic carbocycles. The number of halogens is 1. The number of rotatable bonds is 8. The topological polar surface area (TPSA) is 70.6 Å². The summed E-state index contributed by atoms with van der Waals surface area (Å²) >= 11 is 6.16. The molecule has 2 aromatic rings. The van der Waals surface area contributed by atoms with Crippen molar-refractivity contribution in [2.24, 2.45) is 0 Å². The number of carbonyl (C=O) groups excluding carboxylic acids is 1. The van der Waals surface area contributed by atoms with Crippen molar-refractivity contribution in [1.29, 1.82) is 0 Å². The van der Waals surface area contributed by atoms with Crippen LogP contribution in [0.25, 0.3) is 0 Å². The second kappa shape index (κ2) is 9.71. The van der Waals surface area contributed by atoms with Crippen LogP contribution in [-0.4, -0.2) is 67.0 Å². The highest BCUT2D eigenvalue weighted by Gasteiger charge is 2.19. The fraction of sp³-hybridized carbons (Fsp3) is 0.450. The van der Waals surface area contributed by atoms with Crippen molar-refractivity contribution in [2.75, 3.05) is 56.6 Å². The molecule has 150 valence electrons. The van der Waals surface area contributed by atoms with Crippen molar-refractivity contribution >= 4 is 29.0 Å². The number of hydrogen-bond acceptors (Lipinski definition) is 7. The Balaban J connectivity index is 1.42. The maximum absolute atomic E-state index is 11.4. The van der Waals surface area contributed by atoms with Crippen LogP contribution < -0.4 is 15.0 Å². The molecule has 0 amide bonds. The molecule has 0 atom stereocenters. The maximum atomic E-state index is 11.4. The summed E-state index contributed by atoms with van der Waals surface area (Å²) in [5.74, 6) is 1.31. The number of nitrogens with one attached hydrogen (secondary N) is 1. The number of methoxy groups -OCH3 is 1. The van der Waals surface area contributed by atoms with E-state index < -0.39 is 0 Å². The molecule has 1 N–H and O–H groups in total. The van der Waals surface area contributed by atoms with Gasteiger partial charge in [-0.25, -0.2) is 9.97 Å². The molecule has 0 spiro atoms. The maximum Gasteiger partial charge on any atom is 0.223 e. The molecule has 0 bridgehead atoms. The van der Waals surface area contributed by atoms with E-state index in [2.05, 4.69) is 25.1 Å². The van der Waals surface area contributed by atoms with Crippen molar-refractivity contribution in [3.05, 3.63) is 41.2 Å². The van der Waals surface area contributed by atoms with E-state index >= 15 is 0 Å². The van der Waals surface area contributed by atoms with E-state index in [4.69, 9.17) is 16.3 Å². The number of nitrogens with zero attached hydrogens (tertiary/aromatic N) is 4. The second-order valence-corrected chi connectivity index (χ2v) is 7.18. The molecule has 7 nitrogen and oxygen atoms in total. The molecule has 0 saturated carbocycles. The van der Waals surface area contributed by atoms with Crippen LogP contribution in [0.2, 0.25) is 5.02 Å². The quantitative estimate of drug-likeness (QED) is 0.536. The lowest BCUT2D eigenvalue weighted by Gasteiger charge is -2.36. The van der Waals surface area contributed by atoms with Crippen molar-refractivity contribution in [3.8, 4) is 5.75 Å². The summed E-state index contributed by atoms with van der Waals surface area (Å²) in [5, 5.41) is 3.92. The number of hydrogen-bond donors (Lipinski definition) is 1. The van der Waals surface area contributed by atoms with Gasteiger partial charge in [0.25, 0.3) is 0 Å². The number of carbonyl (C=O) groups is 1. The Kier molecular flexibility index (Phi) is 7.06. The van der Waals surface area contributed by atoms with Crippen LogP contribution in [0.15, 0.2) is 30.5 Å².